The molecule has 1 aromatic heterocycles. The zero-order valence-electron chi connectivity index (χ0n) is 8.41. The fourth-order valence-corrected chi connectivity index (χ4v) is 1.50. The second-order valence-corrected chi connectivity index (χ2v) is 3.19. The Labute approximate surface area is 90.1 Å². The van der Waals surface area contributed by atoms with E-state index in [0.29, 0.717) is 10.9 Å². The van der Waals surface area contributed by atoms with Gasteiger partial charge in [0.15, 0.2) is 0 Å². The first-order valence-electron chi connectivity index (χ1n) is 4.53. The van der Waals surface area contributed by atoms with Gasteiger partial charge in [0, 0.05) is 19.2 Å². The van der Waals surface area contributed by atoms with Gasteiger partial charge in [0.2, 0.25) is 0 Å². The number of aromatic nitrogens is 1. The molecule has 16 heavy (non-hydrogen) atoms. The molecule has 0 amide bonds. The van der Waals surface area contributed by atoms with Gasteiger partial charge in [0.25, 0.3) is 5.69 Å². The van der Waals surface area contributed by atoms with Gasteiger partial charge in [-0.3, -0.25) is 10.1 Å². The van der Waals surface area contributed by atoms with Gasteiger partial charge in [-0.15, -0.1) is 0 Å². The number of non-ortho nitro benzene ring substituents is 1. The molecule has 0 atom stereocenters. The van der Waals surface area contributed by atoms with Gasteiger partial charge in [0.05, 0.1) is 15.8 Å². The van der Waals surface area contributed by atoms with E-state index in [1.807, 2.05) is 0 Å². The maximum absolute atomic E-state index is 10.8. The summed E-state index contributed by atoms with van der Waals surface area (Å²) in [6.45, 7) is 1.27. The molecule has 0 saturated carbocycles. The number of rotatable bonds is 2. The van der Waals surface area contributed by atoms with Gasteiger partial charge in [-0.05, 0) is 12.1 Å². The summed E-state index contributed by atoms with van der Waals surface area (Å²) in [6.07, 6.45) is 1.47. The van der Waals surface area contributed by atoms with Crippen LogP contribution in [0.1, 0.15) is 6.92 Å². The number of fused-ring (bicyclic) bond motifs is 1. The first-order valence-corrected chi connectivity index (χ1v) is 4.53. The molecule has 0 bridgehead atoms. The number of hydrogen-bond donors (Lipinski definition) is 0. The molecule has 0 aliphatic heterocycles. The van der Waals surface area contributed by atoms with Crippen molar-refractivity contribution in [1.29, 1.82) is 0 Å². The minimum absolute atomic E-state index is 0.0107. The van der Waals surface area contributed by atoms with Gasteiger partial charge in [-0.2, -0.15) is 4.73 Å². The molecule has 1 aromatic carbocycles. The van der Waals surface area contributed by atoms with Gasteiger partial charge < -0.3 is 4.84 Å². The molecule has 2 rings (SSSR count). The zero-order valence-corrected chi connectivity index (χ0v) is 8.41. The van der Waals surface area contributed by atoms with E-state index in [0.717, 1.165) is 0 Å². The van der Waals surface area contributed by atoms with Crippen LogP contribution in [-0.2, 0) is 4.79 Å². The van der Waals surface area contributed by atoms with E-state index < -0.39 is 10.9 Å². The van der Waals surface area contributed by atoms with Crippen molar-refractivity contribution in [1.82, 2.24) is 4.73 Å². The topological polar surface area (TPSA) is 74.4 Å². The highest BCUT2D eigenvalue weighted by Gasteiger charge is 2.14. The smallest absolute Gasteiger partial charge is 0.329 e. The highest BCUT2D eigenvalue weighted by Crippen LogP contribution is 2.25. The monoisotopic (exact) mass is 220 g/mol. The summed E-state index contributed by atoms with van der Waals surface area (Å²) in [7, 11) is 0. The Morgan fingerprint density at radius 1 is 1.44 bits per heavy atom. The van der Waals surface area contributed by atoms with Crippen molar-refractivity contribution in [3.63, 3.8) is 0 Å². The lowest BCUT2D eigenvalue weighted by Crippen LogP contribution is -2.14. The average molecular weight is 220 g/mol. The van der Waals surface area contributed by atoms with Gasteiger partial charge >= 0.3 is 5.97 Å². The normalized spacial score (nSPS) is 10.3. The van der Waals surface area contributed by atoms with Crippen molar-refractivity contribution in [2.45, 2.75) is 6.92 Å². The van der Waals surface area contributed by atoms with E-state index in [9.17, 15) is 14.9 Å². The summed E-state index contributed by atoms with van der Waals surface area (Å²) >= 11 is 0. The van der Waals surface area contributed by atoms with Gasteiger partial charge in [-0.1, -0.05) is 6.07 Å². The van der Waals surface area contributed by atoms with Crippen LogP contribution in [-0.4, -0.2) is 15.6 Å². The lowest BCUT2D eigenvalue weighted by atomic mass is 10.2. The Morgan fingerprint density at radius 2 is 2.19 bits per heavy atom. The molecule has 0 N–H and O–H groups in total. The summed E-state index contributed by atoms with van der Waals surface area (Å²) in [5, 5.41) is 11.2. The van der Waals surface area contributed by atoms with Crippen LogP contribution in [0, 0.1) is 10.1 Å². The minimum atomic E-state index is -0.482. The lowest BCUT2D eigenvalue weighted by Gasteiger charge is -2.02. The Balaban J connectivity index is 2.61. The SMILES string of the molecule is CC(=O)On1ccc2c([N+](=O)[O-])cccc21. The quantitative estimate of drug-likeness (QED) is 0.568. The molecule has 0 saturated heterocycles. The Morgan fingerprint density at radius 3 is 2.81 bits per heavy atom. The van der Waals surface area contributed by atoms with Crippen LogP contribution in [0.3, 0.4) is 0 Å². The summed E-state index contributed by atoms with van der Waals surface area (Å²) in [4.78, 5) is 25.9. The first-order chi connectivity index (χ1) is 7.59. The number of nitro benzene ring substituents is 1. The molecule has 2 aromatic rings. The highest BCUT2D eigenvalue weighted by atomic mass is 16.7. The second kappa shape index (κ2) is 3.65. The molecule has 6 heteroatoms. The van der Waals surface area contributed by atoms with Crippen molar-refractivity contribution in [3.05, 3.63) is 40.6 Å². The van der Waals surface area contributed by atoms with Crippen LogP contribution in [0.25, 0.3) is 10.9 Å². The molecular weight excluding hydrogens is 212 g/mol. The molecule has 0 fully saturated rings. The summed E-state index contributed by atoms with van der Waals surface area (Å²) in [5.41, 5.74) is 0.479. The molecular formula is C10H8N2O4. The number of hydrogen-bond acceptors (Lipinski definition) is 4. The van der Waals surface area contributed by atoms with Gasteiger partial charge in [-0.25, -0.2) is 4.79 Å². The van der Waals surface area contributed by atoms with E-state index in [4.69, 9.17) is 4.84 Å². The van der Waals surface area contributed by atoms with E-state index in [1.54, 1.807) is 12.1 Å². The minimum Gasteiger partial charge on any atom is -0.337 e. The number of carbonyl (C=O) groups is 1. The molecule has 0 aliphatic carbocycles. The number of nitro groups is 1. The fourth-order valence-electron chi connectivity index (χ4n) is 1.50. The summed E-state index contributed by atoms with van der Waals surface area (Å²) in [5.74, 6) is -0.482. The Hall–Kier alpha value is -2.37. The Bertz CT molecular complexity index is 573. The number of benzene rings is 1. The molecule has 0 radical (unpaired) electrons. The van der Waals surface area contributed by atoms with E-state index in [1.165, 1.54) is 30.0 Å². The third kappa shape index (κ3) is 1.60. The van der Waals surface area contributed by atoms with Gasteiger partial charge in [0.1, 0.15) is 0 Å². The second-order valence-electron chi connectivity index (χ2n) is 3.19. The molecule has 6 nitrogen and oxygen atoms in total. The number of carbonyl (C=O) groups excluding carboxylic acids is 1. The maximum atomic E-state index is 10.8. The number of nitrogens with zero attached hydrogens (tertiary/aromatic N) is 2. The lowest BCUT2D eigenvalue weighted by molar-refractivity contribution is -0.383. The summed E-state index contributed by atoms with van der Waals surface area (Å²) in [6, 6.07) is 6.13. The fraction of sp³-hybridized carbons (Fsp3) is 0.100. The molecule has 1 heterocycles. The molecule has 0 aliphatic rings. The van der Waals surface area contributed by atoms with Crippen LogP contribution in [0.2, 0.25) is 0 Å². The standard InChI is InChI=1S/C10H8N2O4/c1-7(13)16-11-6-5-8-9(11)3-2-4-10(8)12(14)15/h2-6H,1H3. The zero-order chi connectivity index (χ0) is 11.7. The van der Waals surface area contributed by atoms with Crippen molar-refractivity contribution >= 4 is 22.6 Å². The maximum Gasteiger partial charge on any atom is 0.329 e. The first kappa shape index (κ1) is 10.2. The van der Waals surface area contributed by atoms with E-state index in [-0.39, 0.29) is 5.69 Å². The van der Waals surface area contributed by atoms with Crippen LogP contribution in [0.5, 0.6) is 0 Å². The summed E-state index contributed by atoms with van der Waals surface area (Å²) < 4.78 is 1.21. The Kier molecular flexibility index (Phi) is 2.32. The predicted molar refractivity (Wildman–Crippen MR) is 55.9 cm³/mol. The van der Waals surface area contributed by atoms with Crippen LogP contribution >= 0.6 is 0 Å². The third-order valence-electron chi connectivity index (χ3n) is 2.10. The predicted octanol–water partition coefficient (Wildman–Crippen LogP) is 1.52. The van der Waals surface area contributed by atoms with Crippen molar-refractivity contribution in [2.24, 2.45) is 0 Å². The molecule has 82 valence electrons. The largest absolute Gasteiger partial charge is 0.337 e. The van der Waals surface area contributed by atoms with E-state index in [2.05, 4.69) is 0 Å². The van der Waals surface area contributed by atoms with Crippen molar-refractivity contribution in [3.8, 4) is 0 Å². The van der Waals surface area contributed by atoms with Crippen LogP contribution in [0.15, 0.2) is 30.5 Å². The highest BCUT2D eigenvalue weighted by molar-refractivity contribution is 5.89. The van der Waals surface area contributed by atoms with Crippen LogP contribution < -0.4 is 4.84 Å². The van der Waals surface area contributed by atoms with Crippen molar-refractivity contribution < 1.29 is 14.6 Å². The van der Waals surface area contributed by atoms with E-state index >= 15 is 0 Å². The average Bonchev–Trinajstić information content (AvgIpc) is 2.60. The van der Waals surface area contributed by atoms with Crippen LogP contribution in [0.4, 0.5) is 5.69 Å². The third-order valence-corrected chi connectivity index (χ3v) is 2.10. The molecule has 0 spiro atoms. The molecule has 0 unspecified atom stereocenters. The van der Waals surface area contributed by atoms with Crippen molar-refractivity contribution in [2.75, 3.05) is 0 Å².